The highest BCUT2D eigenvalue weighted by atomic mass is 16.3. The van der Waals surface area contributed by atoms with E-state index in [9.17, 15) is 20.1 Å². The maximum Gasteiger partial charge on any atom is 0.244 e. The van der Waals surface area contributed by atoms with Crippen molar-refractivity contribution in [3.8, 4) is 17.2 Å². The van der Waals surface area contributed by atoms with E-state index in [1.165, 1.54) is 30.4 Å². The van der Waals surface area contributed by atoms with Crippen molar-refractivity contribution in [3.63, 3.8) is 0 Å². The van der Waals surface area contributed by atoms with Crippen molar-refractivity contribution in [1.82, 2.24) is 10.3 Å². The molecule has 0 aliphatic carbocycles. The fourth-order valence-corrected chi connectivity index (χ4v) is 2.59. The number of H-pyrrole nitrogens is 1. The molecular weight excluding hydrogens is 320 g/mol. The highest BCUT2D eigenvalue weighted by Gasteiger charge is 2.05. The summed E-state index contributed by atoms with van der Waals surface area (Å²) in [5, 5.41) is 32.3. The molecule has 0 aliphatic rings. The Morgan fingerprint density at radius 3 is 2.68 bits per heavy atom. The van der Waals surface area contributed by atoms with Crippen LogP contribution in [0.3, 0.4) is 0 Å². The van der Waals surface area contributed by atoms with Crippen LogP contribution in [0.5, 0.6) is 17.2 Å². The molecule has 25 heavy (non-hydrogen) atoms. The first kappa shape index (κ1) is 16.4. The van der Waals surface area contributed by atoms with Crippen LogP contribution in [0.1, 0.15) is 11.1 Å². The molecule has 3 aromatic rings. The summed E-state index contributed by atoms with van der Waals surface area (Å²) in [5.41, 5.74) is 2.29. The van der Waals surface area contributed by atoms with Gasteiger partial charge in [-0.3, -0.25) is 4.79 Å². The van der Waals surface area contributed by atoms with Gasteiger partial charge in [-0.15, -0.1) is 0 Å². The highest BCUT2D eigenvalue weighted by molar-refractivity contribution is 5.92. The first-order valence-corrected chi connectivity index (χ1v) is 7.80. The van der Waals surface area contributed by atoms with Gasteiger partial charge in [0.15, 0.2) is 0 Å². The van der Waals surface area contributed by atoms with E-state index in [1.807, 2.05) is 6.20 Å². The quantitative estimate of drug-likeness (QED) is 0.364. The lowest BCUT2D eigenvalue weighted by Gasteiger charge is -2.03. The highest BCUT2D eigenvalue weighted by Crippen LogP contribution is 2.24. The van der Waals surface area contributed by atoms with Gasteiger partial charge in [-0.1, -0.05) is 0 Å². The van der Waals surface area contributed by atoms with Gasteiger partial charge in [-0.05, 0) is 54.5 Å². The maximum atomic E-state index is 11.9. The second-order valence-corrected chi connectivity index (χ2v) is 5.66. The normalized spacial score (nSPS) is 11.2. The Morgan fingerprint density at radius 2 is 1.84 bits per heavy atom. The Hall–Kier alpha value is -3.41. The predicted octanol–water partition coefficient (Wildman–Crippen LogP) is 2.66. The van der Waals surface area contributed by atoms with Crippen LogP contribution in [0.4, 0.5) is 0 Å². The summed E-state index contributed by atoms with van der Waals surface area (Å²) in [6, 6.07) is 9.21. The van der Waals surface area contributed by atoms with Crippen molar-refractivity contribution in [2.24, 2.45) is 0 Å². The first-order chi connectivity index (χ1) is 12.0. The van der Waals surface area contributed by atoms with Crippen LogP contribution in [0.2, 0.25) is 0 Å². The van der Waals surface area contributed by atoms with E-state index in [2.05, 4.69) is 10.3 Å². The number of hydrogen-bond acceptors (Lipinski definition) is 4. The van der Waals surface area contributed by atoms with Crippen molar-refractivity contribution in [1.29, 1.82) is 0 Å². The van der Waals surface area contributed by atoms with Gasteiger partial charge >= 0.3 is 0 Å². The molecule has 3 rings (SSSR count). The molecule has 6 nitrogen and oxygen atoms in total. The van der Waals surface area contributed by atoms with Gasteiger partial charge in [0.1, 0.15) is 17.2 Å². The molecule has 0 saturated carbocycles. The number of rotatable bonds is 5. The van der Waals surface area contributed by atoms with Crippen molar-refractivity contribution in [2.45, 2.75) is 6.42 Å². The summed E-state index contributed by atoms with van der Waals surface area (Å²) in [5.74, 6) is -0.0995. The molecule has 2 aromatic carbocycles. The van der Waals surface area contributed by atoms with Gasteiger partial charge in [-0.2, -0.15) is 0 Å². The molecule has 1 heterocycles. The molecule has 0 radical (unpaired) electrons. The predicted molar refractivity (Wildman–Crippen MR) is 95.5 cm³/mol. The largest absolute Gasteiger partial charge is 0.508 e. The van der Waals surface area contributed by atoms with Crippen molar-refractivity contribution in [3.05, 3.63) is 59.8 Å². The van der Waals surface area contributed by atoms with Crippen LogP contribution in [0.25, 0.3) is 17.0 Å². The van der Waals surface area contributed by atoms with Crippen LogP contribution in [0.15, 0.2) is 48.7 Å². The van der Waals surface area contributed by atoms with Gasteiger partial charge in [0, 0.05) is 35.3 Å². The number of hydrogen-bond donors (Lipinski definition) is 5. The minimum absolute atomic E-state index is 0.0135. The second kappa shape index (κ2) is 7.00. The molecule has 0 aliphatic heterocycles. The first-order valence-electron chi connectivity index (χ1n) is 7.80. The lowest BCUT2D eigenvalue weighted by molar-refractivity contribution is -0.116. The Labute approximate surface area is 144 Å². The average Bonchev–Trinajstić information content (AvgIpc) is 2.98. The second-order valence-electron chi connectivity index (χ2n) is 5.66. The minimum Gasteiger partial charge on any atom is -0.508 e. The maximum absolute atomic E-state index is 11.9. The number of carbonyl (C=O) groups is 1. The molecule has 0 unspecified atom stereocenters. The fraction of sp³-hybridized carbons (Fsp3) is 0.105. The zero-order valence-electron chi connectivity index (χ0n) is 13.4. The third-order valence-corrected chi connectivity index (χ3v) is 3.87. The van der Waals surface area contributed by atoms with Crippen LogP contribution >= 0.6 is 0 Å². The molecular formula is C19H18N2O4. The summed E-state index contributed by atoms with van der Waals surface area (Å²) < 4.78 is 0. The number of phenolic OH excluding ortho intramolecular Hbond substituents is 3. The van der Waals surface area contributed by atoms with E-state index in [0.29, 0.717) is 18.5 Å². The van der Waals surface area contributed by atoms with Gasteiger partial charge in [0.05, 0.1) is 0 Å². The van der Waals surface area contributed by atoms with Crippen LogP contribution < -0.4 is 5.32 Å². The molecule has 6 heteroatoms. The summed E-state index contributed by atoms with van der Waals surface area (Å²) in [4.78, 5) is 15.0. The number of benzene rings is 2. The number of carbonyl (C=O) groups excluding carboxylic acids is 1. The zero-order valence-corrected chi connectivity index (χ0v) is 13.4. The van der Waals surface area contributed by atoms with Gasteiger partial charge in [0.2, 0.25) is 5.91 Å². The van der Waals surface area contributed by atoms with E-state index in [4.69, 9.17) is 0 Å². The summed E-state index contributed by atoms with van der Waals surface area (Å²) in [6.07, 6.45) is 5.21. The number of fused-ring (bicyclic) bond motifs is 1. The third kappa shape index (κ3) is 3.92. The molecule has 0 spiro atoms. The average molecular weight is 338 g/mol. The minimum atomic E-state index is -0.301. The lowest BCUT2D eigenvalue weighted by Crippen LogP contribution is -2.23. The topological polar surface area (TPSA) is 106 Å². The van der Waals surface area contributed by atoms with E-state index < -0.39 is 0 Å². The molecule has 0 saturated heterocycles. The van der Waals surface area contributed by atoms with Gasteiger partial charge in [-0.25, -0.2) is 0 Å². The number of aromatic amines is 1. The Morgan fingerprint density at radius 1 is 1.08 bits per heavy atom. The van der Waals surface area contributed by atoms with E-state index in [1.54, 1.807) is 18.2 Å². The molecule has 128 valence electrons. The Balaban J connectivity index is 1.58. The molecule has 0 bridgehead atoms. The number of amides is 1. The Kier molecular flexibility index (Phi) is 4.61. The SMILES string of the molecule is O=C(/C=C/c1cc(O)ccc1O)NCCc1c[nH]c2ccc(O)cc12. The number of phenols is 3. The summed E-state index contributed by atoms with van der Waals surface area (Å²) >= 11 is 0. The van der Waals surface area contributed by atoms with Crippen LogP contribution in [0, 0.1) is 0 Å². The summed E-state index contributed by atoms with van der Waals surface area (Å²) in [7, 11) is 0. The van der Waals surface area contributed by atoms with E-state index in [0.717, 1.165) is 16.5 Å². The third-order valence-electron chi connectivity index (χ3n) is 3.87. The Bertz CT molecular complexity index is 944. The van der Waals surface area contributed by atoms with Crippen molar-refractivity contribution >= 4 is 22.9 Å². The molecule has 0 fully saturated rings. The van der Waals surface area contributed by atoms with Gasteiger partial charge in [0.25, 0.3) is 0 Å². The molecule has 1 amide bonds. The van der Waals surface area contributed by atoms with E-state index in [-0.39, 0.29) is 23.2 Å². The lowest BCUT2D eigenvalue weighted by atomic mass is 10.1. The monoisotopic (exact) mass is 338 g/mol. The van der Waals surface area contributed by atoms with Crippen LogP contribution in [-0.4, -0.2) is 32.8 Å². The fourth-order valence-electron chi connectivity index (χ4n) is 2.59. The smallest absolute Gasteiger partial charge is 0.244 e. The summed E-state index contributed by atoms with van der Waals surface area (Å²) in [6.45, 7) is 0.428. The van der Waals surface area contributed by atoms with Crippen LogP contribution in [-0.2, 0) is 11.2 Å². The molecule has 1 aromatic heterocycles. The number of nitrogens with one attached hydrogen (secondary N) is 2. The van der Waals surface area contributed by atoms with Crippen molar-refractivity contribution < 1.29 is 20.1 Å². The van der Waals surface area contributed by atoms with Gasteiger partial charge < -0.3 is 25.6 Å². The number of aromatic nitrogens is 1. The zero-order chi connectivity index (χ0) is 17.8. The van der Waals surface area contributed by atoms with E-state index >= 15 is 0 Å². The molecule has 5 N–H and O–H groups in total. The standard InChI is InChI=1S/C19H18N2O4/c22-14-3-5-18(24)12(9-14)1-6-19(25)20-8-7-13-11-21-17-4-2-15(23)10-16(13)17/h1-6,9-11,21-24H,7-8H2,(H,20,25)/b6-1+. The molecule has 0 atom stereocenters. The number of aromatic hydroxyl groups is 3. The van der Waals surface area contributed by atoms with Crippen molar-refractivity contribution in [2.75, 3.05) is 6.54 Å².